The minimum absolute atomic E-state index is 0.126. The Morgan fingerprint density at radius 3 is 2.10 bits per heavy atom. The molecule has 0 saturated carbocycles. The van der Waals surface area contributed by atoms with E-state index in [9.17, 15) is 49.7 Å². The molecule has 1 heterocycles. The monoisotopic (exact) mass is 618 g/mol. The number of allylic oxidation sites excluding steroid dienone is 1. The summed E-state index contributed by atoms with van der Waals surface area (Å²) in [6, 6.07) is 9.96. The molecule has 0 bridgehead atoms. The number of urea groups is 1. The Bertz CT molecular complexity index is 1940. The predicted molar refractivity (Wildman–Crippen MR) is 140 cm³/mol. The minimum atomic E-state index is -5.04. The van der Waals surface area contributed by atoms with Crippen LogP contribution in [-0.4, -0.2) is 33.4 Å². The lowest BCUT2D eigenvalue weighted by atomic mass is 9.94. The number of nitrogens with zero attached hydrogens (tertiary/aromatic N) is 4. The summed E-state index contributed by atoms with van der Waals surface area (Å²) in [7, 11) is -9.25. The van der Waals surface area contributed by atoms with E-state index in [0.717, 1.165) is 66.9 Å². The van der Waals surface area contributed by atoms with Crippen LogP contribution in [0.1, 0.15) is 29.7 Å². The molecule has 15 heteroatoms. The maximum absolute atomic E-state index is 14.1. The number of halogens is 4. The summed E-state index contributed by atoms with van der Waals surface area (Å²) in [6.45, 7) is 1.19. The fraction of sp³-hybridized carbons (Fsp3) is 0.148. The molecule has 0 fully saturated rings. The van der Waals surface area contributed by atoms with Crippen LogP contribution < -0.4 is 4.90 Å². The van der Waals surface area contributed by atoms with Crippen LogP contribution >= 0.6 is 0 Å². The third-order valence-electron chi connectivity index (χ3n) is 6.37. The number of rotatable bonds is 5. The van der Waals surface area contributed by atoms with Crippen molar-refractivity contribution in [3.8, 4) is 12.1 Å². The van der Waals surface area contributed by atoms with Gasteiger partial charge in [-0.1, -0.05) is 12.1 Å². The van der Waals surface area contributed by atoms with E-state index in [2.05, 4.69) is 0 Å². The summed E-state index contributed by atoms with van der Waals surface area (Å²) < 4.78 is 108. The van der Waals surface area contributed by atoms with Crippen molar-refractivity contribution in [2.45, 2.75) is 28.9 Å². The molecule has 9 nitrogen and oxygen atoms in total. The average Bonchev–Trinajstić information content (AvgIpc) is 2.91. The Morgan fingerprint density at radius 2 is 1.55 bits per heavy atom. The maximum Gasteiger partial charge on any atom is 0.416 e. The molecule has 0 unspecified atom stereocenters. The van der Waals surface area contributed by atoms with Crippen molar-refractivity contribution in [1.82, 2.24) is 4.31 Å². The van der Waals surface area contributed by atoms with Gasteiger partial charge in [-0.15, -0.1) is 0 Å². The summed E-state index contributed by atoms with van der Waals surface area (Å²) in [4.78, 5) is 13.5. The highest BCUT2D eigenvalue weighted by atomic mass is 32.2. The van der Waals surface area contributed by atoms with Gasteiger partial charge in [-0.2, -0.15) is 23.7 Å². The highest BCUT2D eigenvalue weighted by molar-refractivity contribution is 7.91. The standard InChI is InChI=1S/C27H18F4N4O5S2/c1-16-23(15-33)25(22-11-6-17(14-32)12-24(22)41(2,37)38)35(42(39,40)21-9-7-19(28)8-10-21)26(36)34(16)20-5-3-4-18(13-20)27(29,30)31/h3-13,25H,1-2H3/t25-/m1/s1. The van der Waals surface area contributed by atoms with Crippen molar-refractivity contribution in [2.75, 3.05) is 11.2 Å². The quantitative estimate of drug-likeness (QED) is 0.354. The van der Waals surface area contributed by atoms with E-state index in [-0.39, 0.29) is 21.1 Å². The molecular weight excluding hydrogens is 600 g/mol. The molecule has 3 aromatic rings. The van der Waals surface area contributed by atoms with Gasteiger partial charge in [-0.05, 0) is 67.1 Å². The van der Waals surface area contributed by atoms with E-state index < -0.39 is 70.5 Å². The maximum atomic E-state index is 14.1. The summed E-state index contributed by atoms with van der Waals surface area (Å²) in [6.07, 6.45) is -4.06. The molecule has 0 aliphatic carbocycles. The predicted octanol–water partition coefficient (Wildman–Crippen LogP) is 5.29. The molecule has 0 N–H and O–H groups in total. The zero-order valence-corrected chi connectivity index (χ0v) is 23.2. The van der Waals surface area contributed by atoms with Crippen molar-refractivity contribution < 1.29 is 39.2 Å². The van der Waals surface area contributed by atoms with Crippen molar-refractivity contribution in [3.63, 3.8) is 0 Å². The molecule has 0 spiro atoms. The molecule has 0 radical (unpaired) electrons. The van der Waals surface area contributed by atoms with Crippen molar-refractivity contribution in [3.05, 3.63) is 101 Å². The zero-order chi connectivity index (χ0) is 31.2. The number of amides is 2. The first-order valence-electron chi connectivity index (χ1n) is 11.7. The van der Waals surface area contributed by atoms with Crippen LogP contribution in [0.5, 0.6) is 0 Å². The van der Waals surface area contributed by atoms with E-state index >= 15 is 0 Å². The van der Waals surface area contributed by atoms with E-state index in [1.165, 1.54) is 6.92 Å². The number of nitriles is 2. The van der Waals surface area contributed by atoms with Crippen LogP contribution in [0.3, 0.4) is 0 Å². The number of benzene rings is 3. The van der Waals surface area contributed by atoms with Gasteiger partial charge in [-0.25, -0.2) is 30.3 Å². The highest BCUT2D eigenvalue weighted by Gasteiger charge is 2.48. The Morgan fingerprint density at radius 1 is 0.905 bits per heavy atom. The summed E-state index contributed by atoms with van der Waals surface area (Å²) in [5.74, 6) is -0.819. The van der Waals surface area contributed by atoms with Crippen LogP contribution in [0.4, 0.5) is 28.0 Å². The second-order valence-corrected chi connectivity index (χ2v) is 12.9. The molecule has 42 heavy (non-hydrogen) atoms. The van der Waals surface area contributed by atoms with Gasteiger partial charge < -0.3 is 0 Å². The first-order chi connectivity index (χ1) is 19.5. The van der Waals surface area contributed by atoms with Gasteiger partial charge in [0.2, 0.25) is 0 Å². The molecule has 3 aromatic carbocycles. The van der Waals surface area contributed by atoms with Gasteiger partial charge in [0.15, 0.2) is 9.84 Å². The Balaban J connectivity index is 2.11. The van der Waals surface area contributed by atoms with Crippen molar-refractivity contribution in [1.29, 1.82) is 10.5 Å². The SMILES string of the molecule is CC1=C(C#N)[C@@H](c2ccc(C#N)cc2S(C)(=O)=O)N(S(=O)(=O)c2ccc(F)cc2)C(=O)N1c1cccc(C(F)(F)F)c1. The van der Waals surface area contributed by atoms with Crippen LogP contribution in [0, 0.1) is 28.5 Å². The molecule has 1 atom stereocenters. The number of alkyl halides is 3. The fourth-order valence-electron chi connectivity index (χ4n) is 4.45. The van der Waals surface area contributed by atoms with Gasteiger partial charge in [0.25, 0.3) is 10.0 Å². The molecule has 1 aliphatic rings. The number of sulfonamides is 1. The normalized spacial score (nSPS) is 16.3. The molecule has 216 valence electrons. The van der Waals surface area contributed by atoms with E-state index in [1.54, 1.807) is 12.1 Å². The van der Waals surface area contributed by atoms with Crippen molar-refractivity contribution in [2.24, 2.45) is 0 Å². The zero-order valence-electron chi connectivity index (χ0n) is 21.6. The summed E-state index contributed by atoms with van der Waals surface area (Å²) in [5, 5.41) is 19.5. The first kappa shape index (κ1) is 30.2. The average molecular weight is 619 g/mol. The molecule has 1 aliphatic heterocycles. The molecule has 0 saturated heterocycles. The molecular formula is C27H18F4N4O5S2. The second-order valence-electron chi connectivity index (χ2n) is 9.07. The lowest BCUT2D eigenvalue weighted by Gasteiger charge is -2.41. The lowest BCUT2D eigenvalue weighted by Crippen LogP contribution is -2.52. The summed E-state index contributed by atoms with van der Waals surface area (Å²) in [5.41, 5.74) is -2.86. The number of hydrogen-bond donors (Lipinski definition) is 0. The van der Waals surface area contributed by atoms with Gasteiger partial charge in [-0.3, -0.25) is 4.90 Å². The largest absolute Gasteiger partial charge is 0.416 e. The number of carbonyl (C=O) groups excluding carboxylic acids is 1. The Kier molecular flexibility index (Phi) is 7.62. The summed E-state index contributed by atoms with van der Waals surface area (Å²) >= 11 is 0. The van der Waals surface area contributed by atoms with Crippen LogP contribution in [0.25, 0.3) is 0 Å². The van der Waals surface area contributed by atoms with Crippen LogP contribution in [0.2, 0.25) is 0 Å². The van der Waals surface area contributed by atoms with E-state index in [1.807, 2.05) is 0 Å². The molecule has 2 amide bonds. The van der Waals surface area contributed by atoms with E-state index in [4.69, 9.17) is 0 Å². The number of sulfone groups is 1. The van der Waals surface area contributed by atoms with Gasteiger partial charge in [0.1, 0.15) is 11.9 Å². The van der Waals surface area contributed by atoms with E-state index in [0.29, 0.717) is 11.0 Å². The van der Waals surface area contributed by atoms with Gasteiger partial charge in [0.05, 0.1) is 44.3 Å². The smallest absolute Gasteiger partial charge is 0.265 e. The number of anilines is 1. The third-order valence-corrected chi connectivity index (χ3v) is 9.28. The Labute approximate surface area is 238 Å². The highest BCUT2D eigenvalue weighted by Crippen LogP contribution is 2.44. The second kappa shape index (κ2) is 10.6. The lowest BCUT2D eigenvalue weighted by molar-refractivity contribution is -0.137. The first-order valence-corrected chi connectivity index (χ1v) is 15.0. The van der Waals surface area contributed by atoms with Crippen molar-refractivity contribution >= 4 is 31.6 Å². The fourth-order valence-corrected chi connectivity index (χ4v) is 6.89. The van der Waals surface area contributed by atoms with Crippen LogP contribution in [0.15, 0.2) is 87.8 Å². The Hall–Kier alpha value is -4.73. The molecule has 4 rings (SSSR count). The van der Waals surface area contributed by atoms with Gasteiger partial charge >= 0.3 is 12.2 Å². The number of hydrogen-bond acceptors (Lipinski definition) is 7. The van der Waals surface area contributed by atoms with Crippen LogP contribution in [-0.2, 0) is 26.0 Å². The number of carbonyl (C=O) groups is 1. The molecule has 0 aromatic heterocycles. The minimum Gasteiger partial charge on any atom is -0.265 e. The topological polar surface area (TPSA) is 139 Å². The van der Waals surface area contributed by atoms with Gasteiger partial charge in [0, 0.05) is 12.0 Å². The third kappa shape index (κ3) is 5.32.